The number of hydrogen-bond acceptors (Lipinski definition) is 4. The summed E-state index contributed by atoms with van der Waals surface area (Å²) in [4.78, 5) is 17.1. The van der Waals surface area contributed by atoms with E-state index in [4.69, 9.17) is 9.47 Å². The van der Waals surface area contributed by atoms with E-state index in [9.17, 15) is 4.79 Å². The van der Waals surface area contributed by atoms with E-state index in [1.54, 1.807) is 18.2 Å². The minimum absolute atomic E-state index is 0.101. The summed E-state index contributed by atoms with van der Waals surface area (Å²) in [5.74, 6) is 1.12. The van der Waals surface area contributed by atoms with Crippen molar-refractivity contribution in [3.63, 3.8) is 0 Å². The molecule has 0 spiro atoms. The molecule has 0 atom stereocenters. The van der Waals surface area contributed by atoms with Crippen molar-refractivity contribution in [1.29, 1.82) is 0 Å². The lowest BCUT2D eigenvalue weighted by molar-refractivity contribution is -0.120. The number of para-hydroxylation sites is 1. The maximum Gasteiger partial charge on any atom is 0.286 e. The second kappa shape index (κ2) is 8.49. The summed E-state index contributed by atoms with van der Waals surface area (Å²) < 4.78 is 14.0. The van der Waals surface area contributed by atoms with Gasteiger partial charge in [-0.25, -0.2) is 0 Å². The first-order valence-electron chi connectivity index (χ1n) is 8.33. The SMILES string of the molecule is C=CCn1c(=NC(=O)COc2ccccc2)sc2cc(OCC)ccc21. The molecule has 5 nitrogen and oxygen atoms in total. The Morgan fingerprint density at radius 3 is 2.73 bits per heavy atom. The van der Waals surface area contributed by atoms with Crippen molar-refractivity contribution in [2.45, 2.75) is 13.5 Å². The molecule has 0 aliphatic rings. The Balaban J connectivity index is 1.89. The summed E-state index contributed by atoms with van der Waals surface area (Å²) in [6, 6.07) is 15.1. The van der Waals surface area contributed by atoms with Crippen molar-refractivity contribution in [2.75, 3.05) is 13.2 Å². The zero-order chi connectivity index (χ0) is 18.4. The number of amides is 1. The molecule has 1 heterocycles. The van der Waals surface area contributed by atoms with Gasteiger partial charge < -0.3 is 14.0 Å². The van der Waals surface area contributed by atoms with E-state index in [0.717, 1.165) is 16.0 Å². The molecule has 0 fully saturated rings. The second-order valence-corrected chi connectivity index (χ2v) is 6.46. The highest BCUT2D eigenvalue weighted by Crippen LogP contribution is 2.23. The van der Waals surface area contributed by atoms with E-state index in [1.807, 2.05) is 47.9 Å². The van der Waals surface area contributed by atoms with Crippen LogP contribution in [-0.2, 0) is 11.3 Å². The van der Waals surface area contributed by atoms with Gasteiger partial charge in [-0.2, -0.15) is 4.99 Å². The standard InChI is InChI=1S/C20H20N2O3S/c1-3-12-22-17-11-10-16(24-4-2)13-18(17)26-20(22)21-19(23)14-25-15-8-6-5-7-9-15/h3,5-11,13H,1,4,12,14H2,2H3. The molecule has 0 radical (unpaired) electrons. The van der Waals surface area contributed by atoms with Gasteiger partial charge in [0.15, 0.2) is 11.4 Å². The summed E-state index contributed by atoms with van der Waals surface area (Å²) in [6.45, 7) is 6.82. The fourth-order valence-electron chi connectivity index (χ4n) is 2.50. The summed E-state index contributed by atoms with van der Waals surface area (Å²) >= 11 is 1.45. The molecular formula is C20H20N2O3S. The highest BCUT2D eigenvalue weighted by atomic mass is 32.1. The van der Waals surface area contributed by atoms with Crippen LogP contribution in [0.4, 0.5) is 0 Å². The smallest absolute Gasteiger partial charge is 0.286 e. The number of ether oxygens (including phenoxy) is 2. The monoisotopic (exact) mass is 368 g/mol. The van der Waals surface area contributed by atoms with Crippen molar-refractivity contribution in [1.82, 2.24) is 4.57 Å². The van der Waals surface area contributed by atoms with E-state index < -0.39 is 0 Å². The molecule has 1 amide bonds. The molecule has 0 saturated carbocycles. The third-order valence-electron chi connectivity index (χ3n) is 3.60. The van der Waals surface area contributed by atoms with Gasteiger partial charge >= 0.3 is 0 Å². The van der Waals surface area contributed by atoms with Gasteiger partial charge in [-0.3, -0.25) is 4.79 Å². The molecule has 0 bridgehead atoms. The van der Waals surface area contributed by atoms with Crippen LogP contribution in [0.5, 0.6) is 11.5 Å². The van der Waals surface area contributed by atoms with Crippen LogP contribution in [0.15, 0.2) is 66.2 Å². The number of fused-ring (bicyclic) bond motifs is 1. The fourth-order valence-corrected chi connectivity index (χ4v) is 3.59. The van der Waals surface area contributed by atoms with Crippen LogP contribution < -0.4 is 14.3 Å². The molecule has 0 aliphatic heterocycles. The minimum atomic E-state index is -0.330. The summed E-state index contributed by atoms with van der Waals surface area (Å²) in [5.41, 5.74) is 0.994. The van der Waals surface area contributed by atoms with Crippen LogP contribution in [0.25, 0.3) is 10.2 Å². The van der Waals surface area contributed by atoms with E-state index in [2.05, 4.69) is 11.6 Å². The lowest BCUT2D eigenvalue weighted by atomic mass is 10.3. The quantitative estimate of drug-likeness (QED) is 0.596. The van der Waals surface area contributed by atoms with Crippen molar-refractivity contribution in [2.24, 2.45) is 4.99 Å². The zero-order valence-corrected chi connectivity index (χ0v) is 15.4. The van der Waals surface area contributed by atoms with Gasteiger partial charge in [0.1, 0.15) is 11.5 Å². The lowest BCUT2D eigenvalue weighted by Gasteiger charge is -2.04. The normalized spacial score (nSPS) is 11.5. The Hall–Kier alpha value is -2.86. The molecule has 0 N–H and O–H groups in total. The van der Waals surface area contributed by atoms with Crippen LogP contribution in [-0.4, -0.2) is 23.7 Å². The summed E-state index contributed by atoms with van der Waals surface area (Å²) in [5, 5.41) is 0. The van der Waals surface area contributed by atoms with Gasteiger partial charge in [-0.05, 0) is 37.3 Å². The molecule has 0 saturated heterocycles. The third kappa shape index (κ3) is 4.21. The first-order chi connectivity index (χ1) is 12.7. The Morgan fingerprint density at radius 1 is 1.19 bits per heavy atom. The van der Waals surface area contributed by atoms with Gasteiger partial charge in [0.25, 0.3) is 5.91 Å². The average Bonchev–Trinajstić information content (AvgIpc) is 2.98. The Morgan fingerprint density at radius 2 is 2.00 bits per heavy atom. The van der Waals surface area contributed by atoms with Crippen molar-refractivity contribution >= 4 is 27.5 Å². The van der Waals surface area contributed by atoms with E-state index in [0.29, 0.717) is 23.7 Å². The maximum absolute atomic E-state index is 12.2. The molecule has 3 aromatic rings. The molecule has 134 valence electrons. The highest BCUT2D eigenvalue weighted by Gasteiger charge is 2.09. The van der Waals surface area contributed by atoms with Crippen molar-refractivity contribution in [3.8, 4) is 11.5 Å². The molecule has 6 heteroatoms. The van der Waals surface area contributed by atoms with Crippen molar-refractivity contribution < 1.29 is 14.3 Å². The molecule has 1 aromatic heterocycles. The van der Waals surface area contributed by atoms with Crippen LogP contribution in [0.2, 0.25) is 0 Å². The average molecular weight is 368 g/mol. The number of aromatic nitrogens is 1. The van der Waals surface area contributed by atoms with Gasteiger partial charge in [0, 0.05) is 6.54 Å². The Labute approximate surface area is 155 Å². The van der Waals surface area contributed by atoms with Crippen LogP contribution in [0.3, 0.4) is 0 Å². The molecule has 26 heavy (non-hydrogen) atoms. The Bertz CT molecular complexity index is 974. The van der Waals surface area contributed by atoms with Crippen LogP contribution in [0.1, 0.15) is 6.92 Å². The van der Waals surface area contributed by atoms with E-state index in [-0.39, 0.29) is 12.5 Å². The number of allylic oxidation sites excluding steroid dienone is 1. The van der Waals surface area contributed by atoms with E-state index in [1.165, 1.54) is 11.3 Å². The topological polar surface area (TPSA) is 52.8 Å². The fraction of sp³-hybridized carbons (Fsp3) is 0.200. The first kappa shape index (κ1) is 17.9. The number of carbonyl (C=O) groups excluding carboxylic acids is 1. The number of benzene rings is 2. The van der Waals surface area contributed by atoms with Crippen LogP contribution in [0, 0.1) is 0 Å². The summed E-state index contributed by atoms with van der Waals surface area (Å²) in [7, 11) is 0. The molecule has 0 aliphatic carbocycles. The van der Waals surface area contributed by atoms with Crippen molar-refractivity contribution in [3.05, 3.63) is 66.0 Å². The molecule has 3 rings (SSSR count). The lowest BCUT2D eigenvalue weighted by Crippen LogP contribution is -2.19. The van der Waals surface area contributed by atoms with Gasteiger partial charge in [-0.1, -0.05) is 35.6 Å². The van der Waals surface area contributed by atoms with Crippen LogP contribution >= 0.6 is 11.3 Å². The third-order valence-corrected chi connectivity index (χ3v) is 4.64. The largest absolute Gasteiger partial charge is 0.494 e. The number of rotatable bonds is 7. The summed E-state index contributed by atoms with van der Waals surface area (Å²) in [6.07, 6.45) is 1.78. The number of thiazole rings is 1. The van der Waals surface area contributed by atoms with Gasteiger partial charge in [0.2, 0.25) is 0 Å². The molecular weight excluding hydrogens is 348 g/mol. The molecule has 0 unspecified atom stereocenters. The predicted molar refractivity (Wildman–Crippen MR) is 104 cm³/mol. The van der Waals surface area contributed by atoms with Gasteiger partial charge in [-0.15, -0.1) is 6.58 Å². The van der Waals surface area contributed by atoms with Gasteiger partial charge in [0.05, 0.1) is 16.8 Å². The highest BCUT2D eigenvalue weighted by molar-refractivity contribution is 7.16. The number of carbonyl (C=O) groups is 1. The Kier molecular flexibility index (Phi) is 5.86. The number of hydrogen-bond donors (Lipinski definition) is 0. The zero-order valence-electron chi connectivity index (χ0n) is 14.6. The molecule has 2 aromatic carbocycles. The number of nitrogens with zero attached hydrogens (tertiary/aromatic N) is 2. The van der Waals surface area contributed by atoms with E-state index >= 15 is 0 Å². The predicted octanol–water partition coefficient (Wildman–Crippen LogP) is 3.79. The minimum Gasteiger partial charge on any atom is -0.494 e. The maximum atomic E-state index is 12.2. The second-order valence-electron chi connectivity index (χ2n) is 5.45. The first-order valence-corrected chi connectivity index (χ1v) is 9.15.